The summed E-state index contributed by atoms with van der Waals surface area (Å²) in [7, 11) is -1.39. The second-order valence-corrected chi connectivity index (χ2v) is 7.59. The van der Waals surface area contributed by atoms with Gasteiger partial charge in [-0.05, 0) is 24.4 Å². The predicted octanol–water partition coefficient (Wildman–Crippen LogP) is 1.58. The molecular weight excluding hydrogens is 280 g/mol. The lowest BCUT2D eigenvalue weighted by Gasteiger charge is -2.11. The largest absolute Gasteiger partial charge is 0.316 e. The number of thioether (sulfide) groups is 1. The summed E-state index contributed by atoms with van der Waals surface area (Å²) in [4.78, 5) is 0. The first-order valence-electron chi connectivity index (χ1n) is 6.19. The van der Waals surface area contributed by atoms with Gasteiger partial charge < -0.3 is 5.32 Å². The van der Waals surface area contributed by atoms with Crippen molar-refractivity contribution in [3.05, 3.63) is 35.4 Å². The minimum Gasteiger partial charge on any atom is -0.316 e. The van der Waals surface area contributed by atoms with Crippen LogP contribution in [-0.2, 0) is 22.3 Å². The van der Waals surface area contributed by atoms with Crippen molar-refractivity contribution in [2.45, 2.75) is 24.5 Å². The molecule has 0 fully saturated rings. The SMILES string of the molecule is CNCc1cccc(CS(=O)(=O)NCC(C)SC)c1. The zero-order valence-electron chi connectivity index (χ0n) is 11.6. The molecule has 1 unspecified atom stereocenters. The summed E-state index contributed by atoms with van der Waals surface area (Å²) in [6.07, 6.45) is 1.97. The summed E-state index contributed by atoms with van der Waals surface area (Å²) in [5.74, 6) is 0.0334. The Kier molecular flexibility index (Phi) is 6.85. The Bertz CT molecular complexity index is 489. The van der Waals surface area contributed by atoms with Gasteiger partial charge in [0.2, 0.25) is 10.0 Å². The first-order valence-corrected chi connectivity index (χ1v) is 9.13. The summed E-state index contributed by atoms with van der Waals surface area (Å²) in [5.41, 5.74) is 1.91. The second kappa shape index (κ2) is 7.89. The third kappa shape index (κ3) is 6.42. The highest BCUT2D eigenvalue weighted by Crippen LogP contribution is 2.09. The van der Waals surface area contributed by atoms with Crippen molar-refractivity contribution in [3.63, 3.8) is 0 Å². The molecule has 19 heavy (non-hydrogen) atoms. The maximum absolute atomic E-state index is 12.0. The summed E-state index contributed by atoms with van der Waals surface area (Å²) >= 11 is 1.65. The fourth-order valence-corrected chi connectivity index (χ4v) is 3.21. The highest BCUT2D eigenvalue weighted by atomic mass is 32.2. The van der Waals surface area contributed by atoms with E-state index in [0.717, 1.165) is 17.7 Å². The van der Waals surface area contributed by atoms with Crippen LogP contribution in [0.3, 0.4) is 0 Å². The first-order chi connectivity index (χ1) is 8.96. The Morgan fingerprint density at radius 2 is 2.00 bits per heavy atom. The van der Waals surface area contributed by atoms with Crippen molar-refractivity contribution in [1.82, 2.24) is 10.0 Å². The van der Waals surface area contributed by atoms with Gasteiger partial charge in [-0.15, -0.1) is 0 Å². The van der Waals surface area contributed by atoms with Gasteiger partial charge in [0.1, 0.15) is 0 Å². The van der Waals surface area contributed by atoms with Crippen LogP contribution in [-0.4, -0.2) is 33.5 Å². The molecule has 0 heterocycles. The van der Waals surface area contributed by atoms with E-state index in [-0.39, 0.29) is 11.0 Å². The Balaban J connectivity index is 2.64. The van der Waals surface area contributed by atoms with Crippen LogP contribution in [0.15, 0.2) is 24.3 Å². The predicted molar refractivity (Wildman–Crippen MR) is 82.8 cm³/mol. The van der Waals surface area contributed by atoms with Crippen LogP contribution in [0.2, 0.25) is 0 Å². The average Bonchev–Trinajstić information content (AvgIpc) is 2.36. The molecule has 0 bridgehead atoms. The van der Waals surface area contributed by atoms with Crippen LogP contribution in [0, 0.1) is 0 Å². The summed E-state index contributed by atoms with van der Waals surface area (Å²) in [6.45, 7) is 3.21. The Morgan fingerprint density at radius 1 is 1.32 bits per heavy atom. The zero-order valence-corrected chi connectivity index (χ0v) is 13.3. The van der Waals surface area contributed by atoms with Gasteiger partial charge >= 0.3 is 0 Å². The zero-order chi connectivity index (χ0) is 14.3. The molecule has 1 aromatic carbocycles. The minimum absolute atomic E-state index is 0.0334. The van der Waals surface area contributed by atoms with Crippen LogP contribution < -0.4 is 10.0 Å². The maximum atomic E-state index is 12.0. The summed E-state index contributed by atoms with van der Waals surface area (Å²) in [6, 6.07) is 7.64. The van der Waals surface area contributed by atoms with Gasteiger partial charge in [0, 0.05) is 18.3 Å². The molecule has 0 aliphatic carbocycles. The van der Waals surface area contributed by atoms with Crippen molar-refractivity contribution in [2.75, 3.05) is 19.8 Å². The van der Waals surface area contributed by atoms with Gasteiger partial charge in [0.15, 0.2) is 0 Å². The lowest BCUT2D eigenvalue weighted by atomic mass is 10.1. The molecule has 0 amide bonds. The number of nitrogens with one attached hydrogen (secondary N) is 2. The molecule has 0 radical (unpaired) electrons. The number of hydrogen-bond acceptors (Lipinski definition) is 4. The molecule has 1 rings (SSSR count). The fourth-order valence-electron chi connectivity index (χ4n) is 1.63. The molecule has 0 saturated carbocycles. The van der Waals surface area contributed by atoms with Crippen molar-refractivity contribution >= 4 is 21.8 Å². The molecule has 0 saturated heterocycles. The third-order valence-corrected chi connectivity index (χ3v) is 5.01. The smallest absolute Gasteiger partial charge is 0.215 e. The molecule has 0 aliphatic heterocycles. The van der Waals surface area contributed by atoms with Crippen molar-refractivity contribution < 1.29 is 8.42 Å². The fraction of sp³-hybridized carbons (Fsp3) is 0.538. The standard InChI is InChI=1S/C13H22N2O2S2/c1-11(18-3)8-15-19(16,17)10-13-6-4-5-12(7-13)9-14-2/h4-7,11,14-15H,8-10H2,1-3H3. The lowest BCUT2D eigenvalue weighted by Crippen LogP contribution is -2.30. The van der Waals surface area contributed by atoms with E-state index in [1.54, 1.807) is 11.8 Å². The number of sulfonamides is 1. The number of rotatable bonds is 8. The van der Waals surface area contributed by atoms with E-state index in [4.69, 9.17) is 0 Å². The maximum Gasteiger partial charge on any atom is 0.215 e. The van der Waals surface area contributed by atoms with E-state index in [1.807, 2.05) is 44.5 Å². The van der Waals surface area contributed by atoms with E-state index in [2.05, 4.69) is 10.0 Å². The molecular formula is C13H22N2O2S2. The van der Waals surface area contributed by atoms with Gasteiger partial charge in [-0.2, -0.15) is 11.8 Å². The molecule has 6 heteroatoms. The van der Waals surface area contributed by atoms with Crippen LogP contribution in [0.25, 0.3) is 0 Å². The van der Waals surface area contributed by atoms with E-state index in [0.29, 0.717) is 6.54 Å². The number of benzene rings is 1. The van der Waals surface area contributed by atoms with E-state index in [1.165, 1.54) is 0 Å². The molecule has 4 nitrogen and oxygen atoms in total. The van der Waals surface area contributed by atoms with Gasteiger partial charge in [-0.25, -0.2) is 13.1 Å². The van der Waals surface area contributed by atoms with Crippen LogP contribution >= 0.6 is 11.8 Å². The molecule has 1 atom stereocenters. The van der Waals surface area contributed by atoms with Gasteiger partial charge in [0.25, 0.3) is 0 Å². The van der Waals surface area contributed by atoms with Crippen LogP contribution in [0.4, 0.5) is 0 Å². The Morgan fingerprint density at radius 3 is 2.63 bits per heavy atom. The molecule has 1 aromatic rings. The monoisotopic (exact) mass is 302 g/mol. The number of hydrogen-bond donors (Lipinski definition) is 2. The van der Waals surface area contributed by atoms with Crippen LogP contribution in [0.1, 0.15) is 18.1 Å². The molecule has 0 spiro atoms. The second-order valence-electron chi connectivity index (χ2n) is 4.50. The van der Waals surface area contributed by atoms with Gasteiger partial charge in [-0.3, -0.25) is 0 Å². The molecule has 0 aromatic heterocycles. The lowest BCUT2D eigenvalue weighted by molar-refractivity contribution is 0.580. The van der Waals surface area contributed by atoms with Gasteiger partial charge in [-0.1, -0.05) is 31.2 Å². The van der Waals surface area contributed by atoms with E-state index < -0.39 is 10.0 Å². The minimum atomic E-state index is -3.26. The van der Waals surface area contributed by atoms with Crippen molar-refractivity contribution in [3.8, 4) is 0 Å². The van der Waals surface area contributed by atoms with Crippen molar-refractivity contribution in [2.24, 2.45) is 0 Å². The molecule has 2 N–H and O–H groups in total. The normalized spacial score (nSPS) is 13.4. The van der Waals surface area contributed by atoms with E-state index in [9.17, 15) is 8.42 Å². The Hall–Kier alpha value is -0.560. The first kappa shape index (κ1) is 16.5. The van der Waals surface area contributed by atoms with E-state index >= 15 is 0 Å². The molecule has 108 valence electrons. The van der Waals surface area contributed by atoms with Crippen molar-refractivity contribution in [1.29, 1.82) is 0 Å². The topological polar surface area (TPSA) is 58.2 Å². The summed E-state index contributed by atoms with van der Waals surface area (Å²) in [5, 5.41) is 3.34. The molecule has 0 aliphatic rings. The van der Waals surface area contributed by atoms with Crippen LogP contribution in [0.5, 0.6) is 0 Å². The quantitative estimate of drug-likeness (QED) is 0.765. The highest BCUT2D eigenvalue weighted by Gasteiger charge is 2.12. The Labute approximate surface area is 120 Å². The van der Waals surface area contributed by atoms with Gasteiger partial charge in [0.05, 0.1) is 5.75 Å². The average molecular weight is 302 g/mol. The summed E-state index contributed by atoms with van der Waals surface area (Å²) < 4.78 is 26.6. The highest BCUT2D eigenvalue weighted by molar-refractivity contribution is 7.99. The third-order valence-electron chi connectivity index (χ3n) is 2.72.